The maximum Gasteiger partial charge on any atom is 0.313 e. The average molecular weight is 321 g/mol. The second kappa shape index (κ2) is 8.25. The van der Waals surface area contributed by atoms with Crippen LogP contribution in [0.3, 0.4) is 0 Å². The number of benzene rings is 1. The van der Waals surface area contributed by atoms with E-state index >= 15 is 0 Å². The lowest BCUT2D eigenvalue weighted by atomic mass is 10.1. The number of ether oxygens (including phenoxy) is 1. The molecule has 3 amide bonds. The summed E-state index contributed by atoms with van der Waals surface area (Å²) in [5.74, 6) is -1.98. The molecule has 1 aromatic carbocycles. The molecule has 0 aromatic heterocycles. The van der Waals surface area contributed by atoms with Crippen molar-refractivity contribution >= 4 is 23.4 Å². The van der Waals surface area contributed by atoms with Gasteiger partial charge in [-0.2, -0.15) is 0 Å². The minimum atomic E-state index is -0.888. The van der Waals surface area contributed by atoms with E-state index in [0.29, 0.717) is 31.9 Å². The van der Waals surface area contributed by atoms with Gasteiger partial charge in [-0.05, 0) is 12.1 Å². The van der Waals surface area contributed by atoms with E-state index in [2.05, 4.69) is 10.6 Å². The zero-order valence-electron chi connectivity index (χ0n) is 12.6. The van der Waals surface area contributed by atoms with Crippen molar-refractivity contribution < 1.29 is 24.2 Å². The molecule has 1 aromatic rings. The van der Waals surface area contributed by atoms with Gasteiger partial charge in [-0.1, -0.05) is 12.1 Å². The molecule has 1 fully saturated rings. The van der Waals surface area contributed by atoms with Crippen molar-refractivity contribution in [1.29, 1.82) is 0 Å². The van der Waals surface area contributed by atoms with E-state index in [1.54, 1.807) is 29.2 Å². The molecule has 124 valence electrons. The van der Waals surface area contributed by atoms with Crippen LogP contribution in [0.2, 0.25) is 0 Å². The second-order valence-electron chi connectivity index (χ2n) is 4.88. The van der Waals surface area contributed by atoms with Crippen LogP contribution in [-0.4, -0.2) is 67.2 Å². The first-order valence-corrected chi connectivity index (χ1v) is 7.29. The molecule has 1 heterocycles. The van der Waals surface area contributed by atoms with Gasteiger partial charge in [0.05, 0.1) is 31.1 Å². The third-order valence-corrected chi connectivity index (χ3v) is 3.31. The normalized spacial score (nSPS) is 14.2. The first-order valence-electron chi connectivity index (χ1n) is 7.29. The molecule has 0 unspecified atom stereocenters. The lowest BCUT2D eigenvalue weighted by molar-refractivity contribution is -0.136. The zero-order valence-corrected chi connectivity index (χ0v) is 12.6. The van der Waals surface area contributed by atoms with Crippen LogP contribution in [0, 0.1) is 0 Å². The number of para-hydroxylation sites is 1. The Morgan fingerprint density at radius 2 is 1.83 bits per heavy atom. The third kappa shape index (κ3) is 4.51. The van der Waals surface area contributed by atoms with Crippen LogP contribution < -0.4 is 10.6 Å². The molecule has 23 heavy (non-hydrogen) atoms. The number of anilines is 1. The zero-order chi connectivity index (χ0) is 16.7. The summed E-state index contributed by atoms with van der Waals surface area (Å²) >= 11 is 0. The quantitative estimate of drug-likeness (QED) is 0.630. The number of hydrogen-bond acceptors (Lipinski definition) is 5. The molecule has 8 nitrogen and oxygen atoms in total. The SMILES string of the molecule is O=C(NCCO)C(=O)Nc1ccccc1C(=O)N1CCOCC1. The van der Waals surface area contributed by atoms with E-state index in [4.69, 9.17) is 9.84 Å². The van der Waals surface area contributed by atoms with Gasteiger partial charge in [0, 0.05) is 19.6 Å². The molecule has 1 aliphatic heterocycles. The summed E-state index contributed by atoms with van der Waals surface area (Å²) in [6, 6.07) is 6.51. The van der Waals surface area contributed by atoms with Crippen LogP contribution in [0.1, 0.15) is 10.4 Å². The molecule has 0 bridgehead atoms. The summed E-state index contributed by atoms with van der Waals surface area (Å²) in [6.07, 6.45) is 0. The van der Waals surface area contributed by atoms with Crippen molar-refractivity contribution in [3.8, 4) is 0 Å². The Balaban J connectivity index is 2.09. The van der Waals surface area contributed by atoms with E-state index in [1.165, 1.54) is 0 Å². The number of aliphatic hydroxyl groups excluding tert-OH is 1. The highest BCUT2D eigenvalue weighted by molar-refractivity contribution is 6.40. The van der Waals surface area contributed by atoms with Gasteiger partial charge >= 0.3 is 11.8 Å². The molecular formula is C15H19N3O5. The van der Waals surface area contributed by atoms with E-state index in [-0.39, 0.29) is 24.7 Å². The number of morpholine rings is 1. The van der Waals surface area contributed by atoms with Crippen molar-refractivity contribution in [1.82, 2.24) is 10.2 Å². The van der Waals surface area contributed by atoms with E-state index in [9.17, 15) is 14.4 Å². The number of hydrogen-bond donors (Lipinski definition) is 3. The topological polar surface area (TPSA) is 108 Å². The highest BCUT2D eigenvalue weighted by atomic mass is 16.5. The van der Waals surface area contributed by atoms with Crippen molar-refractivity contribution in [3.05, 3.63) is 29.8 Å². The predicted molar refractivity (Wildman–Crippen MR) is 81.9 cm³/mol. The van der Waals surface area contributed by atoms with Gasteiger partial charge in [-0.3, -0.25) is 14.4 Å². The fourth-order valence-electron chi connectivity index (χ4n) is 2.14. The molecule has 1 aliphatic rings. The Labute approximate surface area is 133 Å². The molecule has 2 rings (SSSR count). The Bertz CT molecular complexity index is 584. The first-order chi connectivity index (χ1) is 11.1. The number of carbonyl (C=O) groups excluding carboxylic acids is 3. The van der Waals surface area contributed by atoms with Gasteiger partial charge in [0.15, 0.2) is 0 Å². The Morgan fingerprint density at radius 1 is 1.13 bits per heavy atom. The van der Waals surface area contributed by atoms with Crippen molar-refractivity contribution in [2.24, 2.45) is 0 Å². The standard InChI is InChI=1S/C15H19N3O5/c19-8-5-16-13(20)14(21)17-12-4-2-1-3-11(12)15(22)18-6-9-23-10-7-18/h1-4,19H,5-10H2,(H,16,20)(H,17,21). The number of aliphatic hydroxyl groups is 1. The van der Waals surface area contributed by atoms with Crippen LogP contribution in [0.25, 0.3) is 0 Å². The summed E-state index contributed by atoms with van der Waals surface area (Å²) in [5, 5.41) is 13.3. The fourth-order valence-corrected chi connectivity index (χ4v) is 2.14. The molecule has 0 radical (unpaired) electrons. The highest BCUT2D eigenvalue weighted by Crippen LogP contribution is 2.18. The van der Waals surface area contributed by atoms with Crippen LogP contribution in [0.4, 0.5) is 5.69 Å². The first kappa shape index (κ1) is 16.9. The minimum Gasteiger partial charge on any atom is -0.395 e. The number of rotatable bonds is 4. The van der Waals surface area contributed by atoms with Gasteiger partial charge in [0.25, 0.3) is 5.91 Å². The monoisotopic (exact) mass is 321 g/mol. The van der Waals surface area contributed by atoms with Gasteiger partial charge < -0.3 is 25.4 Å². The Morgan fingerprint density at radius 3 is 2.52 bits per heavy atom. The average Bonchev–Trinajstić information content (AvgIpc) is 2.60. The molecule has 8 heteroatoms. The number of nitrogens with one attached hydrogen (secondary N) is 2. The molecule has 0 atom stereocenters. The molecular weight excluding hydrogens is 302 g/mol. The van der Waals surface area contributed by atoms with E-state index in [1.807, 2.05) is 0 Å². The molecule has 0 saturated carbocycles. The maximum absolute atomic E-state index is 12.5. The van der Waals surface area contributed by atoms with Crippen LogP contribution >= 0.6 is 0 Å². The van der Waals surface area contributed by atoms with Gasteiger partial charge in [-0.25, -0.2) is 0 Å². The largest absolute Gasteiger partial charge is 0.395 e. The lowest BCUT2D eigenvalue weighted by Gasteiger charge is -2.27. The van der Waals surface area contributed by atoms with Gasteiger partial charge in [0.1, 0.15) is 0 Å². The predicted octanol–water partition coefficient (Wildman–Crippen LogP) is -0.794. The molecule has 0 spiro atoms. The summed E-state index contributed by atoms with van der Waals surface area (Å²) in [7, 11) is 0. The van der Waals surface area contributed by atoms with Crippen molar-refractivity contribution in [2.75, 3.05) is 44.8 Å². The minimum absolute atomic E-state index is 0.0133. The molecule has 3 N–H and O–H groups in total. The number of nitrogens with zero attached hydrogens (tertiary/aromatic N) is 1. The van der Waals surface area contributed by atoms with Gasteiger partial charge in [-0.15, -0.1) is 0 Å². The smallest absolute Gasteiger partial charge is 0.313 e. The molecule has 0 aliphatic carbocycles. The summed E-state index contributed by atoms with van der Waals surface area (Å²) in [5.41, 5.74) is 0.589. The van der Waals surface area contributed by atoms with Crippen molar-refractivity contribution in [2.45, 2.75) is 0 Å². The highest BCUT2D eigenvalue weighted by Gasteiger charge is 2.22. The lowest BCUT2D eigenvalue weighted by Crippen LogP contribution is -2.41. The Kier molecular flexibility index (Phi) is 6.07. The summed E-state index contributed by atoms with van der Waals surface area (Å²) in [6.45, 7) is 1.65. The van der Waals surface area contributed by atoms with Crippen LogP contribution in [0.15, 0.2) is 24.3 Å². The van der Waals surface area contributed by atoms with Crippen LogP contribution in [0.5, 0.6) is 0 Å². The van der Waals surface area contributed by atoms with E-state index < -0.39 is 11.8 Å². The second-order valence-corrected chi connectivity index (χ2v) is 4.88. The van der Waals surface area contributed by atoms with Crippen LogP contribution in [-0.2, 0) is 14.3 Å². The number of amides is 3. The molecule has 1 saturated heterocycles. The Hall–Kier alpha value is -2.45. The van der Waals surface area contributed by atoms with Gasteiger partial charge in [0.2, 0.25) is 0 Å². The fraction of sp³-hybridized carbons (Fsp3) is 0.400. The number of carbonyl (C=O) groups is 3. The summed E-state index contributed by atoms with van der Waals surface area (Å²) in [4.78, 5) is 37.5. The third-order valence-electron chi connectivity index (χ3n) is 3.31. The maximum atomic E-state index is 12.5. The summed E-state index contributed by atoms with van der Waals surface area (Å²) < 4.78 is 5.21. The van der Waals surface area contributed by atoms with Crippen molar-refractivity contribution in [3.63, 3.8) is 0 Å². The van der Waals surface area contributed by atoms with E-state index in [0.717, 1.165) is 0 Å².